The number of hydrogen-bond acceptors (Lipinski definition) is 6. The van der Waals surface area contributed by atoms with Gasteiger partial charge in [0.1, 0.15) is 24.4 Å². The molecule has 0 amide bonds. The zero-order valence-corrected chi connectivity index (χ0v) is 14.3. The highest BCUT2D eigenvalue weighted by Crippen LogP contribution is 2.22. The Morgan fingerprint density at radius 3 is 1.91 bits per heavy atom. The molecule has 1 rings (SSSR count). The second kappa shape index (κ2) is 12.2. The Morgan fingerprint density at radius 2 is 1.35 bits per heavy atom. The third kappa shape index (κ3) is 7.45. The average Bonchev–Trinajstić information content (AvgIpc) is 2.56. The first-order chi connectivity index (χ1) is 11.1. The van der Waals surface area contributed by atoms with Gasteiger partial charge in [-0.15, -0.1) is 0 Å². The molecule has 138 valence electrons. The molecule has 0 aromatic carbocycles. The number of aliphatic hydroxyl groups excluding tert-OH is 4. The lowest BCUT2D eigenvalue weighted by Crippen LogP contribution is -2.59. The molecule has 0 aromatic heterocycles. The summed E-state index contributed by atoms with van der Waals surface area (Å²) in [6.45, 7) is 2.22. The van der Waals surface area contributed by atoms with Crippen LogP contribution in [0.25, 0.3) is 0 Å². The Kier molecular flexibility index (Phi) is 11.0. The second-order valence-electron chi connectivity index (χ2n) is 6.40. The van der Waals surface area contributed by atoms with E-state index in [1.54, 1.807) is 0 Å². The van der Waals surface area contributed by atoms with Crippen molar-refractivity contribution in [1.82, 2.24) is 0 Å². The molecular weight excluding hydrogens is 300 g/mol. The molecule has 6 heteroatoms. The average molecular weight is 334 g/mol. The van der Waals surface area contributed by atoms with E-state index < -0.39 is 37.3 Å². The maximum atomic E-state index is 9.82. The van der Waals surface area contributed by atoms with Crippen LogP contribution in [0.2, 0.25) is 0 Å². The SMILES string of the molecule is CCCCCCCCCCCO[C@H]1O[C@H](CO)[C@H](O)[C@@H](O)[C@@H]1O. The van der Waals surface area contributed by atoms with Gasteiger partial charge in [0.05, 0.1) is 6.61 Å². The molecule has 0 spiro atoms. The number of aliphatic hydroxyl groups is 4. The minimum absolute atomic E-state index is 0.428. The Bertz CT molecular complexity index is 286. The Hall–Kier alpha value is -0.240. The van der Waals surface area contributed by atoms with Gasteiger partial charge in [0, 0.05) is 6.61 Å². The van der Waals surface area contributed by atoms with Crippen molar-refractivity contribution in [2.75, 3.05) is 13.2 Å². The van der Waals surface area contributed by atoms with E-state index in [0.29, 0.717) is 6.61 Å². The Labute approximate surface area is 139 Å². The largest absolute Gasteiger partial charge is 0.394 e. The number of ether oxygens (including phenoxy) is 2. The highest BCUT2D eigenvalue weighted by atomic mass is 16.7. The van der Waals surface area contributed by atoms with Gasteiger partial charge in [-0.25, -0.2) is 0 Å². The fraction of sp³-hybridized carbons (Fsp3) is 1.00. The van der Waals surface area contributed by atoms with E-state index in [4.69, 9.17) is 14.6 Å². The van der Waals surface area contributed by atoms with Crippen molar-refractivity contribution in [3.8, 4) is 0 Å². The van der Waals surface area contributed by atoms with Crippen LogP contribution in [0.5, 0.6) is 0 Å². The highest BCUT2D eigenvalue weighted by Gasteiger charge is 2.43. The Morgan fingerprint density at radius 1 is 0.783 bits per heavy atom. The fourth-order valence-electron chi connectivity index (χ4n) is 2.82. The molecule has 0 unspecified atom stereocenters. The Balaban J connectivity index is 2.06. The highest BCUT2D eigenvalue weighted by molar-refractivity contribution is 4.88. The van der Waals surface area contributed by atoms with Gasteiger partial charge in [0.2, 0.25) is 0 Å². The third-order valence-corrected chi connectivity index (χ3v) is 4.38. The zero-order valence-electron chi connectivity index (χ0n) is 14.3. The van der Waals surface area contributed by atoms with Crippen LogP contribution in [0.3, 0.4) is 0 Å². The van der Waals surface area contributed by atoms with Crippen LogP contribution >= 0.6 is 0 Å². The van der Waals surface area contributed by atoms with E-state index in [2.05, 4.69) is 6.92 Å². The summed E-state index contributed by atoms with van der Waals surface area (Å²) >= 11 is 0. The number of unbranched alkanes of at least 4 members (excludes halogenated alkanes) is 8. The van der Waals surface area contributed by atoms with Crippen LogP contribution in [0.15, 0.2) is 0 Å². The first-order valence-electron chi connectivity index (χ1n) is 9.04. The van der Waals surface area contributed by atoms with Gasteiger partial charge in [-0.2, -0.15) is 0 Å². The monoisotopic (exact) mass is 334 g/mol. The van der Waals surface area contributed by atoms with E-state index in [-0.39, 0.29) is 0 Å². The molecule has 1 heterocycles. The second-order valence-corrected chi connectivity index (χ2v) is 6.40. The third-order valence-electron chi connectivity index (χ3n) is 4.38. The summed E-state index contributed by atoms with van der Waals surface area (Å²) in [4.78, 5) is 0. The van der Waals surface area contributed by atoms with E-state index in [9.17, 15) is 15.3 Å². The zero-order chi connectivity index (χ0) is 17.1. The van der Waals surface area contributed by atoms with Crippen molar-refractivity contribution in [2.45, 2.75) is 95.4 Å². The maximum absolute atomic E-state index is 9.82. The van der Waals surface area contributed by atoms with E-state index in [1.807, 2.05) is 0 Å². The van der Waals surface area contributed by atoms with E-state index in [1.165, 1.54) is 44.9 Å². The van der Waals surface area contributed by atoms with Gasteiger partial charge in [0.15, 0.2) is 6.29 Å². The molecule has 1 aliphatic rings. The van der Waals surface area contributed by atoms with Gasteiger partial charge < -0.3 is 29.9 Å². The molecule has 1 aliphatic heterocycles. The van der Waals surface area contributed by atoms with Crippen molar-refractivity contribution < 1.29 is 29.9 Å². The predicted octanol–water partition coefficient (Wildman–Crippen LogP) is 1.33. The van der Waals surface area contributed by atoms with Crippen LogP contribution in [0.1, 0.15) is 64.7 Å². The van der Waals surface area contributed by atoms with Gasteiger partial charge >= 0.3 is 0 Å². The van der Waals surface area contributed by atoms with Gasteiger partial charge in [-0.05, 0) is 6.42 Å². The maximum Gasteiger partial charge on any atom is 0.186 e. The smallest absolute Gasteiger partial charge is 0.186 e. The predicted molar refractivity (Wildman–Crippen MR) is 86.9 cm³/mol. The van der Waals surface area contributed by atoms with E-state index >= 15 is 0 Å². The van der Waals surface area contributed by atoms with E-state index in [0.717, 1.165) is 12.8 Å². The standard InChI is InChI=1S/C17H34O6/c1-2-3-4-5-6-7-8-9-10-11-22-17-16(21)15(20)14(19)13(12-18)23-17/h13-21H,2-12H2,1H3/t13-,14+,15-,16+,17+/m1/s1. The lowest BCUT2D eigenvalue weighted by atomic mass is 9.99. The molecule has 4 N–H and O–H groups in total. The van der Waals surface area contributed by atoms with Crippen molar-refractivity contribution in [2.24, 2.45) is 0 Å². The minimum Gasteiger partial charge on any atom is -0.394 e. The van der Waals surface area contributed by atoms with Gasteiger partial charge in [-0.1, -0.05) is 58.3 Å². The molecule has 0 aliphatic carbocycles. The lowest BCUT2D eigenvalue weighted by molar-refractivity contribution is -0.301. The summed E-state index contributed by atoms with van der Waals surface area (Å²) in [5.74, 6) is 0. The van der Waals surface area contributed by atoms with Crippen molar-refractivity contribution in [1.29, 1.82) is 0 Å². The molecule has 6 nitrogen and oxygen atoms in total. The van der Waals surface area contributed by atoms with Crippen LogP contribution < -0.4 is 0 Å². The summed E-state index contributed by atoms with van der Waals surface area (Å²) in [5.41, 5.74) is 0. The van der Waals surface area contributed by atoms with Gasteiger partial charge in [0.25, 0.3) is 0 Å². The summed E-state index contributed by atoms with van der Waals surface area (Å²) in [6.07, 6.45) is 4.97. The fourth-order valence-corrected chi connectivity index (χ4v) is 2.82. The molecule has 23 heavy (non-hydrogen) atoms. The molecule has 0 aromatic rings. The summed E-state index contributed by atoms with van der Waals surface area (Å²) in [7, 11) is 0. The normalized spacial score (nSPS) is 31.4. The molecule has 5 atom stereocenters. The van der Waals surface area contributed by atoms with Crippen LogP contribution in [0, 0.1) is 0 Å². The van der Waals surface area contributed by atoms with Crippen molar-refractivity contribution >= 4 is 0 Å². The van der Waals surface area contributed by atoms with Crippen LogP contribution in [-0.4, -0.2) is 64.3 Å². The lowest BCUT2D eigenvalue weighted by Gasteiger charge is -2.39. The summed E-state index contributed by atoms with van der Waals surface area (Å²) in [6, 6.07) is 0. The topological polar surface area (TPSA) is 99.4 Å². The first kappa shape index (κ1) is 20.8. The molecule has 0 radical (unpaired) electrons. The van der Waals surface area contributed by atoms with Crippen LogP contribution in [0.4, 0.5) is 0 Å². The quantitative estimate of drug-likeness (QED) is 0.402. The first-order valence-corrected chi connectivity index (χ1v) is 9.04. The molecule has 0 bridgehead atoms. The van der Waals surface area contributed by atoms with Crippen molar-refractivity contribution in [3.05, 3.63) is 0 Å². The van der Waals surface area contributed by atoms with Crippen LogP contribution in [-0.2, 0) is 9.47 Å². The molecular formula is C17H34O6. The summed E-state index contributed by atoms with van der Waals surface area (Å²) in [5, 5.41) is 38.2. The molecule has 0 saturated carbocycles. The minimum atomic E-state index is -1.37. The number of rotatable bonds is 12. The molecule has 1 fully saturated rings. The van der Waals surface area contributed by atoms with Crippen molar-refractivity contribution in [3.63, 3.8) is 0 Å². The molecule has 1 saturated heterocycles. The summed E-state index contributed by atoms with van der Waals surface area (Å²) < 4.78 is 10.7. The number of hydrogen-bond donors (Lipinski definition) is 4. The van der Waals surface area contributed by atoms with Gasteiger partial charge in [-0.3, -0.25) is 0 Å².